The monoisotopic (exact) mass is 368 g/mol. The van der Waals surface area contributed by atoms with E-state index in [2.05, 4.69) is 37.6 Å². The molecule has 0 aliphatic heterocycles. The summed E-state index contributed by atoms with van der Waals surface area (Å²) in [6.07, 6.45) is 0.709. The van der Waals surface area contributed by atoms with E-state index in [1.807, 2.05) is 30.3 Å². The fourth-order valence-electron chi connectivity index (χ4n) is 2.26. The summed E-state index contributed by atoms with van der Waals surface area (Å²) in [5, 5.41) is 0.689. The highest BCUT2D eigenvalue weighted by Crippen LogP contribution is 2.26. The molecule has 0 N–H and O–H groups in total. The quantitative estimate of drug-likeness (QED) is 0.578. The topological polar surface area (TPSA) is 17.8 Å². The second-order valence-corrected chi connectivity index (χ2v) is 6.15. The molecule has 102 valence electrons. The predicted octanol–water partition coefficient (Wildman–Crippen LogP) is 5.22. The Kier molecular flexibility index (Phi) is 4.01. The summed E-state index contributed by atoms with van der Waals surface area (Å²) < 4.78 is 3.15. The van der Waals surface area contributed by atoms with Crippen LogP contribution < -0.4 is 0 Å². The van der Waals surface area contributed by atoms with E-state index in [0.717, 1.165) is 27.0 Å². The van der Waals surface area contributed by atoms with E-state index in [0.29, 0.717) is 17.3 Å². The molecule has 3 rings (SSSR count). The van der Waals surface area contributed by atoms with Crippen LogP contribution in [-0.2, 0) is 6.42 Å². The molecule has 5 heteroatoms. The van der Waals surface area contributed by atoms with Gasteiger partial charge >= 0.3 is 0 Å². The van der Waals surface area contributed by atoms with E-state index in [9.17, 15) is 0 Å². The second-order valence-electron chi connectivity index (χ2n) is 4.42. The van der Waals surface area contributed by atoms with E-state index in [-0.39, 0.29) is 0 Å². The third kappa shape index (κ3) is 2.58. The van der Waals surface area contributed by atoms with E-state index < -0.39 is 0 Å². The lowest BCUT2D eigenvalue weighted by Crippen LogP contribution is -2.02. The molecule has 2 aromatic carbocycles. The number of fused-ring (bicyclic) bond motifs is 1. The van der Waals surface area contributed by atoms with E-state index >= 15 is 0 Å². The molecule has 0 aliphatic rings. The molecule has 0 bridgehead atoms. The zero-order valence-electron chi connectivity index (χ0n) is 10.5. The van der Waals surface area contributed by atoms with Gasteiger partial charge in [0.25, 0.3) is 0 Å². The van der Waals surface area contributed by atoms with Gasteiger partial charge in [-0.25, -0.2) is 4.98 Å². The number of aryl methyl sites for hydroxylation is 1. The molecule has 3 aromatic rings. The van der Waals surface area contributed by atoms with Gasteiger partial charge in [0, 0.05) is 27.5 Å². The Morgan fingerprint density at radius 1 is 1.15 bits per heavy atom. The van der Waals surface area contributed by atoms with Crippen LogP contribution in [0.1, 0.15) is 5.82 Å². The van der Waals surface area contributed by atoms with Crippen LogP contribution in [0.2, 0.25) is 5.02 Å². The molecule has 0 saturated carbocycles. The van der Waals surface area contributed by atoms with Crippen molar-refractivity contribution in [2.75, 3.05) is 5.88 Å². The molecule has 0 atom stereocenters. The third-order valence-electron chi connectivity index (χ3n) is 3.07. The molecule has 0 spiro atoms. The van der Waals surface area contributed by atoms with Crippen molar-refractivity contribution in [3.8, 4) is 5.69 Å². The third-order valence-corrected chi connectivity index (χ3v) is 3.99. The number of hydrogen-bond donors (Lipinski definition) is 0. The molecule has 2 nitrogen and oxygen atoms in total. The molecule has 0 saturated heterocycles. The van der Waals surface area contributed by atoms with Crippen molar-refractivity contribution in [2.45, 2.75) is 6.42 Å². The molecule has 0 aliphatic carbocycles. The molecule has 1 heterocycles. The van der Waals surface area contributed by atoms with Crippen LogP contribution in [0.25, 0.3) is 16.7 Å². The lowest BCUT2D eigenvalue weighted by atomic mass is 10.2. The van der Waals surface area contributed by atoms with Gasteiger partial charge in [0.15, 0.2) is 0 Å². The van der Waals surface area contributed by atoms with Crippen molar-refractivity contribution in [1.29, 1.82) is 0 Å². The Bertz CT molecular complexity index is 768. The maximum Gasteiger partial charge on any atom is 0.115 e. The zero-order valence-corrected chi connectivity index (χ0v) is 13.6. The summed E-state index contributed by atoms with van der Waals surface area (Å²) >= 11 is 15.4. The highest BCUT2D eigenvalue weighted by molar-refractivity contribution is 9.10. The molecule has 0 fully saturated rings. The first kappa shape index (κ1) is 13.9. The van der Waals surface area contributed by atoms with Crippen LogP contribution in [0.5, 0.6) is 0 Å². The highest BCUT2D eigenvalue weighted by atomic mass is 79.9. The predicted molar refractivity (Wildman–Crippen MR) is 88.2 cm³/mol. The van der Waals surface area contributed by atoms with Crippen molar-refractivity contribution in [3.63, 3.8) is 0 Å². The normalized spacial score (nSPS) is 11.2. The largest absolute Gasteiger partial charge is 0.296 e. The fourth-order valence-corrected chi connectivity index (χ4v) is 2.98. The van der Waals surface area contributed by atoms with Gasteiger partial charge < -0.3 is 0 Å². The summed E-state index contributed by atoms with van der Waals surface area (Å²) in [5.41, 5.74) is 2.98. The van der Waals surface area contributed by atoms with Crippen LogP contribution in [0, 0.1) is 0 Å². The van der Waals surface area contributed by atoms with Gasteiger partial charge in [0.2, 0.25) is 0 Å². The van der Waals surface area contributed by atoms with Crippen LogP contribution in [0.4, 0.5) is 0 Å². The van der Waals surface area contributed by atoms with E-state index in [4.69, 9.17) is 23.2 Å². The average molecular weight is 370 g/mol. The fraction of sp³-hybridized carbons (Fsp3) is 0.133. The number of nitrogens with zero attached hydrogens (tertiary/aromatic N) is 2. The number of imidazole rings is 1. The zero-order chi connectivity index (χ0) is 14.1. The van der Waals surface area contributed by atoms with Crippen molar-refractivity contribution < 1.29 is 0 Å². The highest BCUT2D eigenvalue weighted by Gasteiger charge is 2.12. The van der Waals surface area contributed by atoms with Crippen LogP contribution >= 0.6 is 39.1 Å². The Morgan fingerprint density at radius 3 is 2.75 bits per heavy atom. The van der Waals surface area contributed by atoms with Crippen LogP contribution in [0.3, 0.4) is 0 Å². The van der Waals surface area contributed by atoms with Crippen LogP contribution in [-0.4, -0.2) is 15.4 Å². The Hall–Kier alpha value is -1.03. The van der Waals surface area contributed by atoms with Gasteiger partial charge in [0.1, 0.15) is 5.82 Å². The van der Waals surface area contributed by atoms with Crippen molar-refractivity contribution in [1.82, 2.24) is 9.55 Å². The van der Waals surface area contributed by atoms with Crippen molar-refractivity contribution >= 4 is 50.2 Å². The number of halogens is 3. The lowest BCUT2D eigenvalue weighted by Gasteiger charge is -2.09. The number of alkyl halides is 1. The Labute approximate surface area is 135 Å². The first-order valence-electron chi connectivity index (χ1n) is 6.18. The summed E-state index contributed by atoms with van der Waals surface area (Å²) in [5.74, 6) is 1.47. The Balaban J connectivity index is 2.28. The summed E-state index contributed by atoms with van der Waals surface area (Å²) in [4.78, 5) is 4.65. The Morgan fingerprint density at radius 2 is 2.00 bits per heavy atom. The maximum atomic E-state index is 6.05. The summed E-state index contributed by atoms with van der Waals surface area (Å²) in [7, 11) is 0. The minimum absolute atomic E-state index is 0.533. The van der Waals surface area contributed by atoms with Crippen molar-refractivity contribution in [3.05, 3.63) is 57.8 Å². The standard InChI is InChI=1S/C15H11BrCl2N2/c16-10-2-1-3-12(8-10)20-14-5-4-11(18)9-13(14)19-15(20)6-7-17/h1-5,8-9H,6-7H2. The van der Waals surface area contributed by atoms with Gasteiger partial charge in [-0.05, 0) is 36.4 Å². The smallest absolute Gasteiger partial charge is 0.115 e. The van der Waals surface area contributed by atoms with Gasteiger partial charge in [-0.2, -0.15) is 0 Å². The molecule has 1 aromatic heterocycles. The molecule has 0 amide bonds. The molecule has 0 unspecified atom stereocenters. The number of aromatic nitrogens is 2. The average Bonchev–Trinajstić information content (AvgIpc) is 2.76. The van der Waals surface area contributed by atoms with Crippen molar-refractivity contribution in [2.24, 2.45) is 0 Å². The van der Waals surface area contributed by atoms with E-state index in [1.54, 1.807) is 0 Å². The van der Waals surface area contributed by atoms with Gasteiger partial charge in [0.05, 0.1) is 11.0 Å². The molecule has 20 heavy (non-hydrogen) atoms. The minimum Gasteiger partial charge on any atom is -0.296 e. The van der Waals surface area contributed by atoms with Gasteiger partial charge in [-0.3, -0.25) is 4.57 Å². The number of benzene rings is 2. The summed E-state index contributed by atoms with van der Waals surface area (Å²) in [6.45, 7) is 0. The van der Waals surface area contributed by atoms with Gasteiger partial charge in [-0.1, -0.05) is 33.6 Å². The SMILES string of the molecule is ClCCc1nc2cc(Cl)ccc2n1-c1cccc(Br)c1. The first-order chi connectivity index (χ1) is 9.69. The van der Waals surface area contributed by atoms with Gasteiger partial charge in [-0.15, -0.1) is 11.6 Å². The minimum atomic E-state index is 0.533. The summed E-state index contributed by atoms with van der Waals surface area (Å²) in [6, 6.07) is 13.9. The first-order valence-corrected chi connectivity index (χ1v) is 7.88. The molecular formula is C15H11BrCl2N2. The molecule has 0 radical (unpaired) electrons. The number of rotatable bonds is 3. The van der Waals surface area contributed by atoms with Crippen LogP contribution in [0.15, 0.2) is 46.9 Å². The lowest BCUT2D eigenvalue weighted by molar-refractivity contribution is 0.912. The van der Waals surface area contributed by atoms with E-state index in [1.165, 1.54) is 0 Å². The maximum absolute atomic E-state index is 6.05. The number of hydrogen-bond acceptors (Lipinski definition) is 1. The second kappa shape index (κ2) is 5.76. The molecular weight excluding hydrogens is 359 g/mol.